The first-order chi connectivity index (χ1) is 7.54. The van der Waals surface area contributed by atoms with Crippen molar-refractivity contribution in [1.29, 1.82) is 0 Å². The highest BCUT2D eigenvalue weighted by Gasteiger charge is 2.33. The van der Waals surface area contributed by atoms with E-state index in [1.165, 1.54) is 0 Å². The summed E-state index contributed by atoms with van der Waals surface area (Å²) in [4.78, 5) is 21.8. The molecule has 0 aliphatic rings. The smallest absolute Gasteiger partial charge is 0.408 e. The van der Waals surface area contributed by atoms with Gasteiger partial charge >= 0.3 is 12.1 Å². The van der Waals surface area contributed by atoms with Gasteiger partial charge < -0.3 is 20.3 Å². The molecule has 0 aromatic carbocycles. The lowest BCUT2D eigenvalue weighted by molar-refractivity contribution is -0.149. The van der Waals surface area contributed by atoms with Crippen LogP contribution in [-0.4, -0.2) is 46.2 Å². The number of amides is 1. The highest BCUT2D eigenvalue weighted by molar-refractivity contribution is 5.75. The summed E-state index contributed by atoms with van der Waals surface area (Å²) in [6.07, 6.45) is -4.73. The number of carboxylic acids is 1. The minimum Gasteiger partial charge on any atom is -0.479 e. The van der Waals surface area contributed by atoms with Crippen molar-refractivity contribution in [2.75, 3.05) is 0 Å². The number of carbonyl (C=O) groups is 2. The molecule has 0 radical (unpaired) electrons. The monoisotopic (exact) mass is 251 g/mol. The molecule has 1 amide bonds. The maximum Gasteiger partial charge on any atom is 0.408 e. The molecular weight excluding hydrogens is 233 g/mol. The highest BCUT2D eigenvalue weighted by atomic mass is 19.1. The molecule has 0 spiro atoms. The van der Waals surface area contributed by atoms with E-state index in [4.69, 9.17) is 9.84 Å². The van der Waals surface area contributed by atoms with Crippen LogP contribution in [0, 0.1) is 0 Å². The molecule has 100 valence electrons. The van der Waals surface area contributed by atoms with Crippen LogP contribution < -0.4 is 5.32 Å². The Hall–Kier alpha value is -1.37. The Morgan fingerprint density at radius 2 is 1.82 bits per heavy atom. The second-order valence-corrected chi connectivity index (χ2v) is 4.63. The summed E-state index contributed by atoms with van der Waals surface area (Å²) in [5, 5.41) is 19.7. The van der Waals surface area contributed by atoms with Gasteiger partial charge in [0, 0.05) is 0 Å². The quantitative estimate of drug-likeness (QED) is 0.683. The number of aliphatic carboxylic acids is 1. The molecule has 3 atom stereocenters. The van der Waals surface area contributed by atoms with Crippen LogP contribution in [0.4, 0.5) is 9.18 Å². The molecule has 0 aromatic rings. The van der Waals surface area contributed by atoms with E-state index in [2.05, 4.69) is 0 Å². The predicted molar refractivity (Wildman–Crippen MR) is 57.4 cm³/mol. The first-order valence-corrected chi connectivity index (χ1v) is 5.09. The van der Waals surface area contributed by atoms with Gasteiger partial charge in [0.05, 0.1) is 6.04 Å². The third-order valence-electron chi connectivity index (χ3n) is 1.77. The second kappa shape index (κ2) is 5.81. The second-order valence-electron chi connectivity index (χ2n) is 4.63. The zero-order valence-corrected chi connectivity index (χ0v) is 10.2. The minimum absolute atomic E-state index is 0.789. The first-order valence-electron chi connectivity index (χ1n) is 5.09. The number of rotatable bonds is 4. The normalized spacial score (nSPS) is 16.8. The van der Waals surface area contributed by atoms with Crippen LogP contribution in [0.1, 0.15) is 27.7 Å². The Morgan fingerprint density at radius 1 is 1.35 bits per heavy atom. The van der Waals surface area contributed by atoms with E-state index in [1.54, 1.807) is 20.8 Å². The number of alkyl halides is 1. The fourth-order valence-corrected chi connectivity index (χ4v) is 1.04. The molecule has 7 heteroatoms. The summed E-state index contributed by atoms with van der Waals surface area (Å²) < 4.78 is 17.9. The number of carbonyl (C=O) groups excluding carboxylic acids is 1. The van der Waals surface area contributed by atoms with Gasteiger partial charge in [0.25, 0.3) is 0 Å². The number of aliphatic hydroxyl groups is 1. The minimum atomic E-state index is -2.03. The van der Waals surface area contributed by atoms with Crippen LogP contribution in [0.25, 0.3) is 0 Å². The lowest BCUT2D eigenvalue weighted by Crippen LogP contribution is -2.52. The Labute approximate surface area is 98.8 Å². The molecule has 6 nitrogen and oxygen atoms in total. The molecule has 0 rings (SSSR count). The Morgan fingerprint density at radius 3 is 2.12 bits per heavy atom. The average molecular weight is 251 g/mol. The Kier molecular flexibility index (Phi) is 5.34. The van der Waals surface area contributed by atoms with Crippen molar-refractivity contribution in [3.63, 3.8) is 0 Å². The number of hydrogen-bond donors (Lipinski definition) is 3. The lowest BCUT2D eigenvalue weighted by Gasteiger charge is -2.25. The number of halogens is 1. The molecule has 3 N–H and O–H groups in total. The standard InChI is InChI=1S/C10H18FNO5/c1-5(11)6(7(13)8(14)15)12-9(16)17-10(2,3)4/h5-7,13H,1-4H3,(H,12,16)(H,14,15)/t5-,6-,7+/m0/s1. The predicted octanol–water partition coefficient (Wildman–Crippen LogP) is 0.683. The van der Waals surface area contributed by atoms with E-state index in [-0.39, 0.29) is 0 Å². The van der Waals surface area contributed by atoms with Gasteiger partial charge in [-0.25, -0.2) is 14.0 Å². The molecule has 0 fully saturated rings. The summed E-state index contributed by atoms with van der Waals surface area (Å²) >= 11 is 0. The summed E-state index contributed by atoms with van der Waals surface area (Å²) in [5.41, 5.74) is -0.789. The molecule has 0 aromatic heterocycles. The summed E-state index contributed by atoms with van der Waals surface area (Å²) in [5.74, 6) is -1.62. The molecule has 0 aliphatic heterocycles. The van der Waals surface area contributed by atoms with Crippen molar-refractivity contribution >= 4 is 12.1 Å². The molecule has 0 saturated heterocycles. The van der Waals surface area contributed by atoms with Gasteiger partial charge in [-0.2, -0.15) is 0 Å². The van der Waals surface area contributed by atoms with Crippen LogP contribution in [0.5, 0.6) is 0 Å². The zero-order valence-electron chi connectivity index (χ0n) is 10.2. The van der Waals surface area contributed by atoms with E-state index < -0.39 is 36.0 Å². The summed E-state index contributed by atoms with van der Waals surface area (Å²) in [6.45, 7) is 5.85. The van der Waals surface area contributed by atoms with E-state index in [1.807, 2.05) is 5.32 Å². The maximum absolute atomic E-state index is 13.1. The largest absolute Gasteiger partial charge is 0.479 e. The number of ether oxygens (including phenoxy) is 1. The van der Waals surface area contributed by atoms with Crippen LogP contribution >= 0.6 is 0 Å². The number of hydrogen-bond acceptors (Lipinski definition) is 4. The fourth-order valence-electron chi connectivity index (χ4n) is 1.04. The van der Waals surface area contributed by atoms with Crippen LogP contribution in [0.2, 0.25) is 0 Å². The van der Waals surface area contributed by atoms with Gasteiger partial charge in [-0.15, -0.1) is 0 Å². The molecule has 0 saturated carbocycles. The molecule has 0 bridgehead atoms. The zero-order chi connectivity index (χ0) is 13.8. The van der Waals surface area contributed by atoms with Crippen molar-refractivity contribution in [3.8, 4) is 0 Å². The number of alkyl carbamates (subject to hydrolysis) is 1. The Balaban J connectivity index is 4.57. The van der Waals surface area contributed by atoms with Gasteiger partial charge in [0.1, 0.15) is 11.8 Å². The molecule has 0 aliphatic carbocycles. The van der Waals surface area contributed by atoms with E-state index in [0.717, 1.165) is 6.92 Å². The summed E-state index contributed by atoms with van der Waals surface area (Å²) in [6, 6.07) is -1.55. The molecular formula is C10H18FNO5. The van der Waals surface area contributed by atoms with Gasteiger partial charge in [0.2, 0.25) is 0 Å². The highest BCUT2D eigenvalue weighted by Crippen LogP contribution is 2.09. The number of nitrogens with one attached hydrogen (secondary N) is 1. The SMILES string of the molecule is C[C@H](F)[C@H](NC(=O)OC(C)(C)C)[C@@H](O)C(=O)O. The topological polar surface area (TPSA) is 95.9 Å². The summed E-state index contributed by atoms with van der Waals surface area (Å²) in [7, 11) is 0. The third-order valence-corrected chi connectivity index (χ3v) is 1.77. The van der Waals surface area contributed by atoms with Gasteiger partial charge in [-0.3, -0.25) is 0 Å². The van der Waals surface area contributed by atoms with Crippen molar-refractivity contribution in [2.45, 2.75) is 51.6 Å². The maximum atomic E-state index is 13.1. The fraction of sp³-hybridized carbons (Fsp3) is 0.800. The van der Waals surface area contributed by atoms with E-state index in [9.17, 15) is 19.1 Å². The van der Waals surface area contributed by atoms with Crippen molar-refractivity contribution in [3.05, 3.63) is 0 Å². The first kappa shape index (κ1) is 15.6. The Bertz CT molecular complexity index is 287. The molecule has 17 heavy (non-hydrogen) atoms. The van der Waals surface area contributed by atoms with E-state index >= 15 is 0 Å². The van der Waals surface area contributed by atoms with Crippen LogP contribution in [0.15, 0.2) is 0 Å². The van der Waals surface area contributed by atoms with Crippen molar-refractivity contribution in [1.82, 2.24) is 5.32 Å². The van der Waals surface area contributed by atoms with Crippen molar-refractivity contribution in [2.24, 2.45) is 0 Å². The van der Waals surface area contributed by atoms with Gasteiger partial charge in [0.15, 0.2) is 6.10 Å². The van der Waals surface area contributed by atoms with Gasteiger partial charge in [-0.1, -0.05) is 0 Å². The number of aliphatic hydroxyl groups excluding tert-OH is 1. The van der Waals surface area contributed by atoms with Crippen LogP contribution in [0.3, 0.4) is 0 Å². The van der Waals surface area contributed by atoms with Crippen LogP contribution in [-0.2, 0) is 9.53 Å². The average Bonchev–Trinajstić information content (AvgIpc) is 2.09. The molecule has 0 unspecified atom stereocenters. The molecule has 0 heterocycles. The van der Waals surface area contributed by atoms with E-state index in [0.29, 0.717) is 0 Å². The third kappa shape index (κ3) is 6.06. The lowest BCUT2D eigenvalue weighted by atomic mass is 10.1. The van der Waals surface area contributed by atoms with Gasteiger partial charge in [-0.05, 0) is 27.7 Å². The number of carboxylic acid groups (broad SMARTS) is 1. The van der Waals surface area contributed by atoms with Crippen molar-refractivity contribution < 1.29 is 28.9 Å².